The van der Waals surface area contributed by atoms with E-state index in [1.54, 1.807) is 19.2 Å². The summed E-state index contributed by atoms with van der Waals surface area (Å²) in [5.41, 5.74) is 2.23. The minimum atomic E-state index is -3.90. The number of carbonyl (C=O) groups is 1. The maximum atomic E-state index is 12.8. The van der Waals surface area contributed by atoms with Crippen LogP contribution in [0, 0.1) is 0 Å². The number of carbonyl (C=O) groups excluding carboxylic acids is 1. The van der Waals surface area contributed by atoms with E-state index in [0.717, 1.165) is 11.3 Å². The minimum Gasteiger partial charge on any atom is -0.497 e. The van der Waals surface area contributed by atoms with E-state index >= 15 is 0 Å². The summed E-state index contributed by atoms with van der Waals surface area (Å²) in [6, 6.07) is 18.1. The molecule has 0 bridgehead atoms. The highest BCUT2D eigenvalue weighted by molar-refractivity contribution is 7.92. The number of nitrogens with zero attached hydrogens (tertiary/aromatic N) is 1. The number of likely N-dealkylation sites (N-methyl/N-ethyl adjacent to an activating group) is 1. The van der Waals surface area contributed by atoms with Crippen molar-refractivity contribution in [2.45, 2.75) is 10.9 Å². The third-order valence-electron chi connectivity index (χ3n) is 5.78. The number of rotatable bonds is 9. The molecule has 0 aliphatic carbocycles. The van der Waals surface area contributed by atoms with Gasteiger partial charge in [0.25, 0.3) is 15.9 Å². The average molecular weight is 510 g/mol. The van der Waals surface area contributed by atoms with Crippen molar-refractivity contribution in [2.24, 2.45) is 0 Å². The summed E-state index contributed by atoms with van der Waals surface area (Å²) >= 11 is 0. The van der Waals surface area contributed by atoms with Crippen molar-refractivity contribution in [2.75, 3.05) is 32.5 Å². The lowest BCUT2D eigenvalue weighted by Crippen LogP contribution is -2.34. The maximum Gasteiger partial charge on any atom is 0.323 e. The van der Waals surface area contributed by atoms with Crippen LogP contribution in [-0.2, 0) is 10.0 Å². The molecule has 0 spiro atoms. The average Bonchev–Trinajstić information content (AvgIpc) is 3.23. The van der Waals surface area contributed by atoms with Crippen LogP contribution in [0.1, 0.15) is 22.0 Å². The number of ether oxygens (including phenoxy) is 1. The molecule has 0 saturated heterocycles. The second-order valence-electron chi connectivity index (χ2n) is 8.43. The Morgan fingerprint density at radius 3 is 2.28 bits per heavy atom. The van der Waals surface area contributed by atoms with Crippen molar-refractivity contribution < 1.29 is 17.9 Å². The Morgan fingerprint density at radius 1 is 0.972 bits per heavy atom. The monoisotopic (exact) mass is 509 g/mol. The maximum absolute atomic E-state index is 12.8. The summed E-state index contributed by atoms with van der Waals surface area (Å²) in [5.74, 6) is 0.489. The molecule has 0 saturated carbocycles. The number of methoxy groups -OCH3 is 1. The predicted molar refractivity (Wildman–Crippen MR) is 138 cm³/mol. The summed E-state index contributed by atoms with van der Waals surface area (Å²) in [6.07, 6.45) is 0. The van der Waals surface area contributed by atoms with Gasteiger partial charge in [0.05, 0.1) is 29.1 Å². The summed E-state index contributed by atoms with van der Waals surface area (Å²) in [6.45, 7) is 0.385. The third kappa shape index (κ3) is 5.58. The normalized spacial score (nSPS) is 12.4. The number of anilines is 1. The van der Waals surface area contributed by atoms with Gasteiger partial charge < -0.3 is 24.9 Å². The molecule has 0 aliphatic rings. The summed E-state index contributed by atoms with van der Waals surface area (Å²) in [7, 11) is 1.59. The highest BCUT2D eigenvalue weighted by Crippen LogP contribution is 2.22. The van der Waals surface area contributed by atoms with Crippen molar-refractivity contribution in [1.29, 1.82) is 0 Å². The number of H-pyrrole nitrogens is 2. The van der Waals surface area contributed by atoms with E-state index < -0.39 is 15.7 Å². The molecule has 188 valence electrons. The zero-order valence-electron chi connectivity index (χ0n) is 20.0. The molecular weight excluding hydrogens is 482 g/mol. The van der Waals surface area contributed by atoms with Gasteiger partial charge >= 0.3 is 5.69 Å². The van der Waals surface area contributed by atoms with Gasteiger partial charge in [-0.2, -0.15) is 0 Å². The van der Waals surface area contributed by atoms with Crippen LogP contribution < -0.4 is 20.5 Å². The second-order valence-corrected chi connectivity index (χ2v) is 10.1. The van der Waals surface area contributed by atoms with Crippen molar-refractivity contribution in [3.05, 3.63) is 88.3 Å². The van der Waals surface area contributed by atoms with Crippen LogP contribution in [0.25, 0.3) is 11.0 Å². The zero-order chi connectivity index (χ0) is 25.9. The van der Waals surface area contributed by atoms with Crippen molar-refractivity contribution >= 4 is 32.7 Å². The number of sulfonamides is 1. The van der Waals surface area contributed by atoms with Gasteiger partial charge in [-0.05, 0) is 74.3 Å². The van der Waals surface area contributed by atoms with Gasteiger partial charge in [0, 0.05) is 17.8 Å². The molecule has 1 heterocycles. The molecule has 1 aromatic heterocycles. The molecule has 4 N–H and O–H groups in total. The van der Waals surface area contributed by atoms with Crippen LogP contribution in [0.4, 0.5) is 5.69 Å². The van der Waals surface area contributed by atoms with Crippen LogP contribution in [0.5, 0.6) is 5.75 Å². The van der Waals surface area contributed by atoms with Crippen LogP contribution in [0.15, 0.2) is 76.4 Å². The molecule has 1 unspecified atom stereocenters. The molecule has 0 radical (unpaired) electrons. The largest absolute Gasteiger partial charge is 0.497 e. The first-order chi connectivity index (χ1) is 17.2. The Kier molecular flexibility index (Phi) is 7.13. The van der Waals surface area contributed by atoms with Gasteiger partial charge in [-0.15, -0.1) is 0 Å². The van der Waals surface area contributed by atoms with Gasteiger partial charge in [0.2, 0.25) is 0 Å². The Hall–Kier alpha value is -4.09. The summed E-state index contributed by atoms with van der Waals surface area (Å²) < 4.78 is 33.3. The van der Waals surface area contributed by atoms with Crippen molar-refractivity contribution in [3.8, 4) is 5.75 Å². The smallest absolute Gasteiger partial charge is 0.323 e. The quantitative estimate of drug-likeness (QED) is 0.274. The Balaban J connectivity index is 1.41. The second kappa shape index (κ2) is 10.3. The van der Waals surface area contributed by atoms with Gasteiger partial charge in [0.1, 0.15) is 5.75 Å². The Bertz CT molecular complexity index is 1520. The molecule has 3 aromatic carbocycles. The number of fused-ring (bicyclic) bond motifs is 1. The van der Waals surface area contributed by atoms with Gasteiger partial charge in [0.15, 0.2) is 0 Å². The lowest BCUT2D eigenvalue weighted by atomic mass is 10.1. The molecule has 10 nitrogen and oxygen atoms in total. The van der Waals surface area contributed by atoms with Crippen LogP contribution in [0.2, 0.25) is 0 Å². The number of imidazole rings is 1. The van der Waals surface area contributed by atoms with Crippen molar-refractivity contribution in [1.82, 2.24) is 20.2 Å². The molecule has 36 heavy (non-hydrogen) atoms. The fraction of sp³-hybridized carbons (Fsp3) is 0.200. The lowest BCUT2D eigenvalue weighted by molar-refractivity contribution is 0.0942. The van der Waals surface area contributed by atoms with E-state index in [1.165, 1.54) is 30.3 Å². The molecule has 1 atom stereocenters. The Morgan fingerprint density at radius 2 is 1.64 bits per heavy atom. The van der Waals surface area contributed by atoms with E-state index in [-0.39, 0.29) is 16.8 Å². The first kappa shape index (κ1) is 25.0. The zero-order valence-corrected chi connectivity index (χ0v) is 20.8. The van der Waals surface area contributed by atoms with Gasteiger partial charge in [-0.25, -0.2) is 13.2 Å². The predicted octanol–water partition coefficient (Wildman–Crippen LogP) is 2.70. The standard InChI is InChI=1S/C25H27N5O5S/c1-30(2)23(16-6-10-19(35-3)11-7-16)15-26-24(31)17-4-8-18(9-5-17)29-36(33,34)20-12-13-21-22(14-20)28-25(32)27-21/h4-14,23,29H,15H2,1-3H3,(H,26,31)(H2,27,28,32). The van der Waals surface area contributed by atoms with E-state index in [2.05, 4.69) is 20.0 Å². The number of nitrogens with one attached hydrogen (secondary N) is 4. The molecule has 11 heteroatoms. The minimum absolute atomic E-state index is 0.000304. The first-order valence-electron chi connectivity index (χ1n) is 11.1. The van der Waals surface area contributed by atoms with Gasteiger partial charge in [-0.3, -0.25) is 9.52 Å². The number of hydrogen-bond donors (Lipinski definition) is 4. The number of amides is 1. The number of hydrogen-bond acceptors (Lipinski definition) is 6. The highest BCUT2D eigenvalue weighted by Gasteiger charge is 2.18. The van der Waals surface area contributed by atoms with E-state index in [0.29, 0.717) is 28.8 Å². The number of aromatic amines is 2. The molecular formula is C25H27N5O5S. The Labute approximate surface area is 208 Å². The molecule has 4 rings (SSSR count). The fourth-order valence-corrected chi connectivity index (χ4v) is 4.88. The number of aromatic nitrogens is 2. The van der Waals surface area contributed by atoms with Crippen LogP contribution in [0.3, 0.4) is 0 Å². The molecule has 4 aromatic rings. The molecule has 1 amide bonds. The number of benzene rings is 3. The molecule has 0 fully saturated rings. The van der Waals surface area contributed by atoms with E-state index in [1.807, 2.05) is 43.3 Å². The van der Waals surface area contributed by atoms with Crippen molar-refractivity contribution in [3.63, 3.8) is 0 Å². The summed E-state index contributed by atoms with van der Waals surface area (Å²) in [4.78, 5) is 31.3. The van der Waals surface area contributed by atoms with E-state index in [4.69, 9.17) is 4.74 Å². The van der Waals surface area contributed by atoms with Crippen LogP contribution >= 0.6 is 0 Å². The van der Waals surface area contributed by atoms with Crippen LogP contribution in [-0.4, -0.2) is 56.9 Å². The topological polar surface area (TPSA) is 136 Å². The van der Waals surface area contributed by atoms with E-state index in [9.17, 15) is 18.0 Å². The first-order valence-corrected chi connectivity index (χ1v) is 12.6. The third-order valence-corrected chi connectivity index (χ3v) is 7.16. The van der Waals surface area contributed by atoms with Gasteiger partial charge in [-0.1, -0.05) is 12.1 Å². The lowest BCUT2D eigenvalue weighted by Gasteiger charge is -2.25. The fourth-order valence-electron chi connectivity index (χ4n) is 3.80. The summed E-state index contributed by atoms with van der Waals surface area (Å²) in [5, 5.41) is 2.94. The molecule has 0 aliphatic heterocycles. The SMILES string of the molecule is COc1ccc(C(CNC(=O)c2ccc(NS(=O)(=O)c3ccc4[nH]c(=O)[nH]c4c3)cc2)N(C)C)cc1. The highest BCUT2D eigenvalue weighted by atomic mass is 32.2.